The molecule has 0 heterocycles. The highest BCUT2D eigenvalue weighted by atomic mass is 16.6. The lowest BCUT2D eigenvalue weighted by Gasteiger charge is -2.04. The molecule has 0 amide bonds. The third kappa shape index (κ3) is 13.0. The summed E-state index contributed by atoms with van der Waals surface area (Å²) in [5.41, 5.74) is 0. The summed E-state index contributed by atoms with van der Waals surface area (Å²) in [5.74, 6) is -1.93. The molecule has 2 N–H and O–H groups in total. The summed E-state index contributed by atoms with van der Waals surface area (Å²) in [6.45, 7) is 2.74. The number of carbonyl (C=O) groups is 3. The zero-order chi connectivity index (χ0) is 15.2. The van der Waals surface area contributed by atoms with Crippen LogP contribution in [0.4, 0.5) is 0 Å². The van der Waals surface area contributed by atoms with Gasteiger partial charge < -0.3 is 15.2 Å². The summed E-state index contributed by atoms with van der Waals surface area (Å²) in [7, 11) is 0. The van der Waals surface area contributed by atoms with E-state index in [4.69, 9.17) is 5.11 Å². The largest absolute Gasteiger partial charge is 0.481 e. The first-order chi connectivity index (χ1) is 9.56. The van der Waals surface area contributed by atoms with Crippen LogP contribution in [0.25, 0.3) is 0 Å². The number of rotatable bonds is 12. The number of carbonyl (C=O) groups excluding carboxylic acids is 2. The van der Waals surface area contributed by atoms with Crippen molar-refractivity contribution < 1.29 is 24.2 Å². The summed E-state index contributed by atoms with van der Waals surface area (Å²) in [6.07, 6.45) is 5.50. The van der Waals surface area contributed by atoms with Gasteiger partial charge in [-0.15, -0.1) is 0 Å². The predicted octanol–water partition coefficient (Wildman–Crippen LogP) is 1.87. The summed E-state index contributed by atoms with van der Waals surface area (Å²) in [4.78, 5) is 32.8. The van der Waals surface area contributed by atoms with Crippen LogP contribution in [0.3, 0.4) is 0 Å². The topological polar surface area (TPSA) is 92.7 Å². The molecule has 6 nitrogen and oxygen atoms in total. The molecule has 116 valence electrons. The van der Waals surface area contributed by atoms with Crippen LogP contribution in [-0.2, 0) is 19.1 Å². The van der Waals surface area contributed by atoms with Crippen molar-refractivity contribution >= 4 is 17.9 Å². The molecule has 0 bridgehead atoms. The van der Waals surface area contributed by atoms with Crippen molar-refractivity contribution in [3.63, 3.8) is 0 Å². The molecule has 0 rings (SSSR count). The minimum absolute atomic E-state index is 0.00569. The van der Waals surface area contributed by atoms with E-state index in [1.165, 1.54) is 0 Å². The molecular formula is C14H25NO5. The number of nitrogens with one attached hydrogen (secondary N) is 1. The summed E-state index contributed by atoms with van der Waals surface area (Å²) >= 11 is 0. The highest BCUT2D eigenvalue weighted by Crippen LogP contribution is 2.05. The first-order valence-electron chi connectivity index (χ1n) is 7.22. The molecule has 0 aliphatic rings. The fourth-order valence-corrected chi connectivity index (χ4v) is 1.61. The van der Waals surface area contributed by atoms with E-state index < -0.39 is 17.9 Å². The van der Waals surface area contributed by atoms with Gasteiger partial charge in [0.1, 0.15) is 0 Å². The summed E-state index contributed by atoms with van der Waals surface area (Å²) in [6, 6.07) is 0. The molecule has 0 spiro atoms. The standard InChI is InChI=1S/C14H25NO5/c1-2-3-4-5-6-7-13(18)20-14(19)9-11-15-10-8-12(16)17/h15H,2-11H2,1H3,(H,16,17). The number of unbranched alkanes of at least 4 members (excludes halogenated alkanes) is 4. The van der Waals surface area contributed by atoms with Crippen LogP contribution < -0.4 is 5.32 Å². The Labute approximate surface area is 119 Å². The molecule has 20 heavy (non-hydrogen) atoms. The first-order valence-corrected chi connectivity index (χ1v) is 7.22. The van der Waals surface area contributed by atoms with Gasteiger partial charge in [0.2, 0.25) is 0 Å². The number of aliphatic carboxylic acids is 1. The Bertz CT molecular complexity index is 304. The van der Waals surface area contributed by atoms with Crippen LogP contribution in [0.5, 0.6) is 0 Å². The maximum Gasteiger partial charge on any atom is 0.314 e. The van der Waals surface area contributed by atoms with Gasteiger partial charge in [-0.3, -0.25) is 14.4 Å². The van der Waals surface area contributed by atoms with Crippen molar-refractivity contribution in [3.8, 4) is 0 Å². The zero-order valence-corrected chi connectivity index (χ0v) is 12.2. The monoisotopic (exact) mass is 287 g/mol. The highest BCUT2D eigenvalue weighted by Gasteiger charge is 2.09. The van der Waals surface area contributed by atoms with Gasteiger partial charge in [-0.25, -0.2) is 0 Å². The van der Waals surface area contributed by atoms with Crippen molar-refractivity contribution in [2.75, 3.05) is 13.1 Å². The molecule has 0 unspecified atom stereocenters. The first kappa shape index (κ1) is 18.6. The van der Waals surface area contributed by atoms with Crippen molar-refractivity contribution in [1.82, 2.24) is 5.32 Å². The van der Waals surface area contributed by atoms with Crippen LogP contribution >= 0.6 is 0 Å². The van der Waals surface area contributed by atoms with E-state index in [1.807, 2.05) is 0 Å². The van der Waals surface area contributed by atoms with E-state index in [-0.39, 0.29) is 19.3 Å². The fraction of sp³-hybridized carbons (Fsp3) is 0.786. The van der Waals surface area contributed by atoms with Crippen molar-refractivity contribution in [2.45, 2.75) is 58.3 Å². The average Bonchev–Trinajstić information content (AvgIpc) is 2.37. The average molecular weight is 287 g/mol. The SMILES string of the molecule is CCCCCCCC(=O)OC(=O)CCNCCC(=O)O. The Balaban J connectivity index is 3.45. The van der Waals surface area contributed by atoms with E-state index in [2.05, 4.69) is 17.0 Å². The maximum absolute atomic E-state index is 11.3. The van der Waals surface area contributed by atoms with Gasteiger partial charge in [0.25, 0.3) is 0 Å². The van der Waals surface area contributed by atoms with Crippen molar-refractivity contribution in [3.05, 3.63) is 0 Å². The maximum atomic E-state index is 11.3. The predicted molar refractivity (Wildman–Crippen MR) is 74.2 cm³/mol. The smallest absolute Gasteiger partial charge is 0.314 e. The second-order valence-electron chi connectivity index (χ2n) is 4.65. The van der Waals surface area contributed by atoms with Gasteiger partial charge in [-0.1, -0.05) is 32.6 Å². The molecule has 0 aliphatic carbocycles. The van der Waals surface area contributed by atoms with E-state index in [0.717, 1.165) is 32.1 Å². The molecule has 0 fully saturated rings. The van der Waals surface area contributed by atoms with Gasteiger partial charge in [0, 0.05) is 19.5 Å². The number of ether oxygens (including phenoxy) is 1. The van der Waals surface area contributed by atoms with Gasteiger partial charge in [0.15, 0.2) is 0 Å². The Morgan fingerprint density at radius 1 is 0.900 bits per heavy atom. The Morgan fingerprint density at radius 3 is 2.15 bits per heavy atom. The summed E-state index contributed by atoms with van der Waals surface area (Å²) < 4.78 is 4.65. The number of carboxylic acids is 1. The lowest BCUT2D eigenvalue weighted by atomic mass is 10.1. The van der Waals surface area contributed by atoms with Crippen LogP contribution in [0, 0.1) is 0 Å². The van der Waals surface area contributed by atoms with Gasteiger partial charge in [0.05, 0.1) is 12.8 Å². The quantitative estimate of drug-likeness (QED) is 0.323. The minimum Gasteiger partial charge on any atom is -0.481 e. The van der Waals surface area contributed by atoms with Gasteiger partial charge in [-0.2, -0.15) is 0 Å². The number of hydrogen-bond acceptors (Lipinski definition) is 5. The molecule has 0 aromatic heterocycles. The molecule has 6 heteroatoms. The fourth-order valence-electron chi connectivity index (χ4n) is 1.61. The molecule has 0 saturated heterocycles. The highest BCUT2D eigenvalue weighted by molar-refractivity contribution is 5.85. The number of carboxylic acid groups (broad SMARTS) is 1. The second kappa shape index (κ2) is 12.6. The molecule has 0 atom stereocenters. The third-order valence-corrected chi connectivity index (χ3v) is 2.73. The van der Waals surface area contributed by atoms with Crippen LogP contribution in [-0.4, -0.2) is 36.1 Å². The summed E-state index contributed by atoms with van der Waals surface area (Å²) in [5, 5.41) is 11.2. The Hall–Kier alpha value is -1.43. The van der Waals surface area contributed by atoms with Crippen molar-refractivity contribution in [2.24, 2.45) is 0 Å². The normalized spacial score (nSPS) is 10.2. The van der Waals surface area contributed by atoms with E-state index in [9.17, 15) is 14.4 Å². The Kier molecular flexibility index (Phi) is 11.7. The lowest BCUT2D eigenvalue weighted by Crippen LogP contribution is -2.23. The molecule has 0 saturated carbocycles. The van der Waals surface area contributed by atoms with Gasteiger partial charge in [-0.05, 0) is 6.42 Å². The second-order valence-corrected chi connectivity index (χ2v) is 4.65. The van der Waals surface area contributed by atoms with Crippen molar-refractivity contribution in [1.29, 1.82) is 0 Å². The molecule has 0 aromatic carbocycles. The van der Waals surface area contributed by atoms with Crippen LogP contribution in [0.2, 0.25) is 0 Å². The van der Waals surface area contributed by atoms with E-state index in [1.54, 1.807) is 0 Å². The van der Waals surface area contributed by atoms with E-state index in [0.29, 0.717) is 13.1 Å². The van der Waals surface area contributed by atoms with E-state index >= 15 is 0 Å². The number of hydrogen-bond donors (Lipinski definition) is 2. The third-order valence-electron chi connectivity index (χ3n) is 2.73. The molecular weight excluding hydrogens is 262 g/mol. The zero-order valence-electron chi connectivity index (χ0n) is 12.2. The molecule has 0 aliphatic heterocycles. The molecule has 0 radical (unpaired) electrons. The lowest BCUT2D eigenvalue weighted by molar-refractivity contribution is -0.159. The minimum atomic E-state index is -0.890. The Morgan fingerprint density at radius 2 is 1.50 bits per heavy atom. The van der Waals surface area contributed by atoms with Crippen LogP contribution in [0.15, 0.2) is 0 Å². The van der Waals surface area contributed by atoms with Gasteiger partial charge >= 0.3 is 17.9 Å². The number of esters is 2. The molecule has 0 aromatic rings. The van der Waals surface area contributed by atoms with Crippen LogP contribution in [0.1, 0.15) is 58.3 Å².